The summed E-state index contributed by atoms with van der Waals surface area (Å²) >= 11 is 0. The van der Waals surface area contributed by atoms with E-state index in [0.29, 0.717) is 0 Å². The highest BCUT2D eigenvalue weighted by molar-refractivity contribution is 5.99. The fourth-order valence-corrected chi connectivity index (χ4v) is 4.01. The van der Waals surface area contributed by atoms with Crippen LogP contribution in [0, 0.1) is 5.82 Å². The summed E-state index contributed by atoms with van der Waals surface area (Å²) in [6.45, 7) is 6.15. The summed E-state index contributed by atoms with van der Waals surface area (Å²) < 4.78 is 13.7. The average molecular weight is 354 g/mol. The van der Waals surface area contributed by atoms with Gasteiger partial charge in [0.05, 0.1) is 5.41 Å². The lowest BCUT2D eigenvalue weighted by Gasteiger charge is -2.28. The number of nitrogens with zero attached hydrogens (tertiary/aromatic N) is 1. The van der Waals surface area contributed by atoms with Crippen molar-refractivity contribution >= 4 is 17.3 Å². The highest BCUT2D eigenvalue weighted by atomic mass is 19.1. The molecule has 0 atom stereocenters. The Morgan fingerprint density at radius 3 is 2.31 bits per heavy atom. The molecule has 0 spiro atoms. The van der Waals surface area contributed by atoms with Crippen molar-refractivity contribution in [2.75, 3.05) is 23.3 Å². The Kier molecular flexibility index (Phi) is 5.60. The fourth-order valence-electron chi connectivity index (χ4n) is 4.01. The van der Waals surface area contributed by atoms with Crippen molar-refractivity contribution in [3.63, 3.8) is 0 Å². The van der Waals surface area contributed by atoms with Gasteiger partial charge in [0.2, 0.25) is 5.91 Å². The van der Waals surface area contributed by atoms with Gasteiger partial charge in [-0.3, -0.25) is 4.79 Å². The zero-order valence-corrected chi connectivity index (χ0v) is 15.6. The Morgan fingerprint density at radius 1 is 1.08 bits per heavy atom. The molecule has 4 heteroatoms. The quantitative estimate of drug-likeness (QED) is 0.781. The standard InChI is InChI=1S/C22H27FN2O/c1-3-25(4-2)20-12-10-19(11-13-20)24-21(26)22(14-5-6-15-22)17-8-7-9-18(23)16-17/h7-13,16H,3-6,14-15H2,1-2H3,(H,24,26). The van der Waals surface area contributed by atoms with Crippen LogP contribution in [0.3, 0.4) is 0 Å². The van der Waals surface area contributed by atoms with Gasteiger partial charge in [0.25, 0.3) is 0 Å². The fraction of sp³-hybridized carbons (Fsp3) is 0.409. The van der Waals surface area contributed by atoms with E-state index in [4.69, 9.17) is 0 Å². The SMILES string of the molecule is CCN(CC)c1ccc(NC(=O)C2(c3cccc(F)c3)CCCC2)cc1. The molecule has 0 aromatic heterocycles. The molecule has 0 bridgehead atoms. The van der Waals surface area contributed by atoms with Gasteiger partial charge < -0.3 is 10.2 Å². The van der Waals surface area contributed by atoms with Gasteiger partial charge in [0.15, 0.2) is 0 Å². The smallest absolute Gasteiger partial charge is 0.235 e. The molecule has 26 heavy (non-hydrogen) atoms. The van der Waals surface area contributed by atoms with Crippen LogP contribution < -0.4 is 10.2 Å². The first-order valence-corrected chi connectivity index (χ1v) is 9.51. The van der Waals surface area contributed by atoms with Crippen LogP contribution in [-0.2, 0) is 10.2 Å². The van der Waals surface area contributed by atoms with Crippen LogP contribution in [0.4, 0.5) is 15.8 Å². The van der Waals surface area contributed by atoms with Gasteiger partial charge in [-0.05, 0) is 68.7 Å². The van der Waals surface area contributed by atoms with Crippen LogP contribution in [0.15, 0.2) is 48.5 Å². The zero-order valence-electron chi connectivity index (χ0n) is 15.6. The molecule has 3 rings (SSSR count). The monoisotopic (exact) mass is 354 g/mol. The molecule has 1 fully saturated rings. The van der Waals surface area contributed by atoms with Crippen molar-refractivity contribution in [3.8, 4) is 0 Å². The Bertz CT molecular complexity index is 747. The van der Waals surface area contributed by atoms with Gasteiger partial charge in [-0.25, -0.2) is 4.39 Å². The lowest BCUT2D eigenvalue weighted by molar-refractivity contribution is -0.121. The second-order valence-corrected chi connectivity index (χ2v) is 6.97. The van der Waals surface area contributed by atoms with E-state index in [0.717, 1.165) is 55.7 Å². The first-order valence-electron chi connectivity index (χ1n) is 9.51. The van der Waals surface area contributed by atoms with E-state index < -0.39 is 5.41 Å². The van der Waals surface area contributed by atoms with E-state index in [1.54, 1.807) is 6.07 Å². The molecule has 0 heterocycles. The molecular weight excluding hydrogens is 327 g/mol. The van der Waals surface area contributed by atoms with Crippen molar-refractivity contribution < 1.29 is 9.18 Å². The van der Waals surface area contributed by atoms with E-state index in [-0.39, 0.29) is 11.7 Å². The topological polar surface area (TPSA) is 32.3 Å². The molecule has 1 aliphatic carbocycles. The van der Waals surface area contributed by atoms with Gasteiger partial charge in [-0.2, -0.15) is 0 Å². The van der Waals surface area contributed by atoms with Crippen molar-refractivity contribution in [2.45, 2.75) is 44.9 Å². The first kappa shape index (κ1) is 18.4. The highest BCUT2D eigenvalue weighted by Crippen LogP contribution is 2.42. The molecule has 2 aromatic rings. The van der Waals surface area contributed by atoms with Crippen LogP contribution in [0.5, 0.6) is 0 Å². The van der Waals surface area contributed by atoms with Gasteiger partial charge in [-0.1, -0.05) is 25.0 Å². The summed E-state index contributed by atoms with van der Waals surface area (Å²) in [5.74, 6) is -0.318. The molecule has 1 amide bonds. The average Bonchev–Trinajstić information content (AvgIpc) is 3.15. The van der Waals surface area contributed by atoms with Crippen molar-refractivity contribution in [1.82, 2.24) is 0 Å². The number of anilines is 2. The minimum absolute atomic E-state index is 0.0313. The maximum absolute atomic E-state index is 13.7. The van der Waals surface area contributed by atoms with Crippen LogP contribution in [0.1, 0.15) is 45.1 Å². The predicted molar refractivity (Wildman–Crippen MR) is 105 cm³/mol. The molecule has 3 nitrogen and oxygen atoms in total. The Hall–Kier alpha value is -2.36. The number of benzene rings is 2. The Balaban J connectivity index is 1.81. The molecule has 1 aliphatic rings. The molecule has 138 valence electrons. The normalized spacial score (nSPS) is 15.7. The summed E-state index contributed by atoms with van der Waals surface area (Å²) in [4.78, 5) is 15.4. The van der Waals surface area contributed by atoms with Crippen LogP contribution in [-0.4, -0.2) is 19.0 Å². The van der Waals surface area contributed by atoms with Gasteiger partial charge >= 0.3 is 0 Å². The third kappa shape index (κ3) is 3.59. The predicted octanol–water partition coefficient (Wildman–Crippen LogP) is 5.12. The largest absolute Gasteiger partial charge is 0.372 e. The molecule has 0 aliphatic heterocycles. The maximum Gasteiger partial charge on any atom is 0.235 e. The van der Waals surface area contributed by atoms with E-state index in [2.05, 4.69) is 24.1 Å². The lowest BCUT2D eigenvalue weighted by Crippen LogP contribution is -2.38. The van der Waals surface area contributed by atoms with Crippen LogP contribution >= 0.6 is 0 Å². The van der Waals surface area contributed by atoms with E-state index in [1.165, 1.54) is 12.1 Å². The summed E-state index contributed by atoms with van der Waals surface area (Å²) in [6, 6.07) is 14.5. The minimum Gasteiger partial charge on any atom is -0.372 e. The number of rotatable bonds is 6. The number of carbonyl (C=O) groups excluding carboxylic acids is 1. The number of amides is 1. The van der Waals surface area contributed by atoms with E-state index >= 15 is 0 Å². The number of nitrogens with one attached hydrogen (secondary N) is 1. The summed E-state index contributed by atoms with van der Waals surface area (Å²) in [7, 11) is 0. The number of halogens is 1. The van der Waals surface area contributed by atoms with Crippen molar-refractivity contribution in [3.05, 3.63) is 59.9 Å². The summed E-state index contributed by atoms with van der Waals surface area (Å²) in [6.07, 6.45) is 3.51. The van der Waals surface area contributed by atoms with Gasteiger partial charge in [0.1, 0.15) is 5.82 Å². The molecular formula is C22H27FN2O. The molecule has 0 saturated heterocycles. The van der Waals surface area contributed by atoms with Crippen molar-refractivity contribution in [2.24, 2.45) is 0 Å². The molecule has 0 radical (unpaired) electrons. The number of hydrogen-bond donors (Lipinski definition) is 1. The Labute approximate surface area is 155 Å². The summed E-state index contributed by atoms with van der Waals surface area (Å²) in [5, 5.41) is 3.06. The van der Waals surface area contributed by atoms with E-state index in [1.807, 2.05) is 30.3 Å². The molecule has 1 N–H and O–H groups in total. The van der Waals surface area contributed by atoms with Crippen LogP contribution in [0.2, 0.25) is 0 Å². The second kappa shape index (κ2) is 7.90. The van der Waals surface area contributed by atoms with E-state index in [9.17, 15) is 9.18 Å². The first-order chi connectivity index (χ1) is 12.6. The number of hydrogen-bond acceptors (Lipinski definition) is 2. The van der Waals surface area contributed by atoms with Gasteiger partial charge in [-0.15, -0.1) is 0 Å². The zero-order chi connectivity index (χ0) is 18.6. The lowest BCUT2D eigenvalue weighted by atomic mass is 9.78. The van der Waals surface area contributed by atoms with Crippen LogP contribution in [0.25, 0.3) is 0 Å². The molecule has 1 saturated carbocycles. The molecule has 0 unspecified atom stereocenters. The second-order valence-electron chi connectivity index (χ2n) is 6.97. The third-order valence-electron chi connectivity index (χ3n) is 5.52. The van der Waals surface area contributed by atoms with Crippen molar-refractivity contribution in [1.29, 1.82) is 0 Å². The van der Waals surface area contributed by atoms with Gasteiger partial charge in [0, 0.05) is 24.5 Å². The minimum atomic E-state index is -0.625. The number of carbonyl (C=O) groups is 1. The third-order valence-corrected chi connectivity index (χ3v) is 5.52. The highest BCUT2D eigenvalue weighted by Gasteiger charge is 2.42. The Morgan fingerprint density at radius 2 is 1.73 bits per heavy atom. The molecule has 2 aromatic carbocycles. The summed E-state index contributed by atoms with van der Waals surface area (Å²) in [5.41, 5.74) is 2.09. The maximum atomic E-state index is 13.7.